The van der Waals surface area contributed by atoms with E-state index in [0.717, 1.165) is 46.5 Å². The lowest BCUT2D eigenvalue weighted by molar-refractivity contribution is -0.192. The quantitative estimate of drug-likeness (QED) is 0.332. The van der Waals surface area contributed by atoms with Crippen LogP contribution in [0.2, 0.25) is 0 Å². The Labute approximate surface area is 233 Å². The topological polar surface area (TPSA) is 134 Å². The third kappa shape index (κ3) is 6.72. The van der Waals surface area contributed by atoms with Gasteiger partial charge in [-0.05, 0) is 13.0 Å². The van der Waals surface area contributed by atoms with Crippen LogP contribution in [0, 0.1) is 0 Å². The van der Waals surface area contributed by atoms with Gasteiger partial charge >= 0.3 is 18.2 Å². The Balaban J connectivity index is 0.000000493. The summed E-state index contributed by atoms with van der Waals surface area (Å²) >= 11 is 0. The molecule has 2 amide bonds. The van der Waals surface area contributed by atoms with Crippen LogP contribution in [0.15, 0.2) is 55.0 Å². The fraction of sp³-hybridized carbons (Fsp3) is 0.296. The number of hydrogen-bond acceptors (Lipinski definition) is 7. The minimum atomic E-state index is -5.08. The van der Waals surface area contributed by atoms with Crippen molar-refractivity contribution in [3.05, 3.63) is 55.0 Å². The van der Waals surface area contributed by atoms with Gasteiger partial charge in [-0.3, -0.25) is 4.68 Å². The zero-order valence-electron chi connectivity index (χ0n) is 22.4. The van der Waals surface area contributed by atoms with E-state index in [-0.39, 0.29) is 12.1 Å². The number of piperazine rings is 1. The lowest BCUT2D eigenvalue weighted by Crippen LogP contribution is -2.53. The van der Waals surface area contributed by atoms with Crippen molar-refractivity contribution >= 4 is 28.6 Å². The maximum absolute atomic E-state index is 13.1. The van der Waals surface area contributed by atoms with E-state index in [2.05, 4.69) is 25.7 Å². The highest BCUT2D eigenvalue weighted by molar-refractivity contribution is 6.01. The van der Waals surface area contributed by atoms with Crippen molar-refractivity contribution in [3.8, 4) is 28.3 Å². The number of aliphatic carboxylic acids is 1. The Morgan fingerprint density at radius 1 is 1.15 bits per heavy atom. The molecule has 14 heteroatoms. The van der Waals surface area contributed by atoms with Crippen LogP contribution in [0.3, 0.4) is 0 Å². The average molecular weight is 572 g/mol. The molecule has 1 fully saturated rings. The van der Waals surface area contributed by atoms with Crippen LogP contribution >= 0.6 is 0 Å². The maximum Gasteiger partial charge on any atom is 0.490 e. The Morgan fingerprint density at radius 3 is 2.49 bits per heavy atom. The Hall–Kier alpha value is -4.72. The summed E-state index contributed by atoms with van der Waals surface area (Å²) < 4.78 is 39.1. The van der Waals surface area contributed by atoms with Crippen molar-refractivity contribution < 1.29 is 32.6 Å². The van der Waals surface area contributed by atoms with Crippen LogP contribution in [0.4, 0.5) is 23.7 Å². The second kappa shape index (κ2) is 12.2. The number of rotatable bonds is 4. The summed E-state index contributed by atoms with van der Waals surface area (Å²) in [6, 6.07) is 13.7. The molecule has 41 heavy (non-hydrogen) atoms. The summed E-state index contributed by atoms with van der Waals surface area (Å²) in [5, 5.41) is 19.0. The number of hydrogen-bond donors (Lipinski definition) is 3. The number of nitrogens with one attached hydrogen (secondary N) is 2. The number of carbonyl (C=O) groups is 2. The summed E-state index contributed by atoms with van der Waals surface area (Å²) in [6.07, 6.45) is -1.59. The number of benzene rings is 2. The van der Waals surface area contributed by atoms with Crippen LogP contribution < -0.4 is 15.4 Å². The van der Waals surface area contributed by atoms with Crippen molar-refractivity contribution in [1.29, 1.82) is 0 Å². The first-order valence-electron chi connectivity index (χ1n) is 12.5. The number of nitrogens with zero attached hydrogens (tertiary/aromatic N) is 5. The Bertz CT molecular complexity index is 1540. The van der Waals surface area contributed by atoms with Gasteiger partial charge in [0.15, 0.2) is 0 Å². The number of aromatic nitrogens is 4. The van der Waals surface area contributed by atoms with Crippen molar-refractivity contribution in [2.45, 2.75) is 19.1 Å². The summed E-state index contributed by atoms with van der Waals surface area (Å²) in [7, 11) is 3.48. The van der Waals surface area contributed by atoms with Gasteiger partial charge in [-0.25, -0.2) is 19.6 Å². The predicted octanol–water partition coefficient (Wildman–Crippen LogP) is 4.16. The standard InChI is InChI=1S/C25H27N7O2.C2HF3O2/c1-16-13-26-9-10-32(16)25(33)29-21-11-18-20(12-22(21)34-3)27-15-28-24(18)19-14-31(2)30-23(19)17-7-5-4-6-8-17;3-2(4,5)1(6)7/h4-8,11-12,14-16,26H,9-10,13H2,1-3H3,(H,29,33);(H,6,7). The Kier molecular flexibility index (Phi) is 8.71. The van der Waals surface area contributed by atoms with E-state index in [1.807, 2.05) is 67.5 Å². The van der Waals surface area contributed by atoms with Gasteiger partial charge in [-0.1, -0.05) is 30.3 Å². The van der Waals surface area contributed by atoms with E-state index in [9.17, 15) is 18.0 Å². The fourth-order valence-electron chi connectivity index (χ4n) is 4.37. The Morgan fingerprint density at radius 2 is 1.85 bits per heavy atom. The SMILES string of the molecule is COc1cc2ncnc(-c3cn(C)nc3-c3ccccc3)c2cc1NC(=O)N1CCNCC1C.O=C(O)C(F)(F)F. The molecule has 1 saturated heterocycles. The molecular formula is C27H28F3N7O4. The average Bonchev–Trinajstić information content (AvgIpc) is 3.34. The highest BCUT2D eigenvalue weighted by Gasteiger charge is 2.38. The van der Waals surface area contributed by atoms with E-state index in [1.165, 1.54) is 0 Å². The minimum absolute atomic E-state index is 0.0999. The number of ether oxygens (including phenoxy) is 1. The predicted molar refractivity (Wildman–Crippen MR) is 145 cm³/mol. The number of alkyl halides is 3. The highest BCUT2D eigenvalue weighted by Crippen LogP contribution is 2.37. The van der Waals surface area contributed by atoms with Gasteiger partial charge in [0.25, 0.3) is 0 Å². The second-order valence-electron chi connectivity index (χ2n) is 9.20. The number of carboxylic acid groups (broad SMARTS) is 1. The molecule has 4 aromatic rings. The molecule has 5 rings (SSSR count). The van der Waals surface area contributed by atoms with E-state index in [0.29, 0.717) is 18.0 Å². The van der Waals surface area contributed by atoms with Gasteiger partial charge in [-0.15, -0.1) is 0 Å². The molecule has 216 valence electrons. The molecule has 1 aliphatic heterocycles. The molecule has 2 aromatic carbocycles. The normalized spacial score (nSPS) is 15.2. The van der Waals surface area contributed by atoms with Crippen LogP contribution in [0.25, 0.3) is 33.4 Å². The molecule has 0 saturated carbocycles. The number of amides is 2. The maximum atomic E-state index is 13.1. The lowest BCUT2D eigenvalue weighted by atomic mass is 10.0. The number of halogens is 3. The molecule has 1 atom stereocenters. The lowest BCUT2D eigenvalue weighted by Gasteiger charge is -2.34. The van der Waals surface area contributed by atoms with Crippen LogP contribution in [-0.4, -0.2) is 80.7 Å². The van der Waals surface area contributed by atoms with Gasteiger partial charge in [0.1, 0.15) is 17.8 Å². The van der Waals surface area contributed by atoms with Crippen LogP contribution in [-0.2, 0) is 11.8 Å². The van der Waals surface area contributed by atoms with E-state index in [1.54, 1.807) is 18.1 Å². The number of aryl methyl sites for hydroxylation is 1. The number of methoxy groups -OCH3 is 1. The summed E-state index contributed by atoms with van der Waals surface area (Å²) in [4.78, 5) is 32.9. The van der Waals surface area contributed by atoms with E-state index >= 15 is 0 Å². The second-order valence-corrected chi connectivity index (χ2v) is 9.20. The zero-order valence-corrected chi connectivity index (χ0v) is 22.4. The molecule has 0 bridgehead atoms. The molecule has 0 radical (unpaired) electrons. The zero-order chi connectivity index (χ0) is 29.7. The first-order chi connectivity index (χ1) is 19.5. The largest absolute Gasteiger partial charge is 0.494 e. The van der Waals surface area contributed by atoms with Crippen molar-refractivity contribution in [1.82, 2.24) is 30.0 Å². The third-order valence-electron chi connectivity index (χ3n) is 6.33. The number of anilines is 1. The molecule has 11 nitrogen and oxygen atoms in total. The summed E-state index contributed by atoms with van der Waals surface area (Å²) in [6.45, 7) is 4.22. The van der Waals surface area contributed by atoms with Crippen molar-refractivity contribution in [2.24, 2.45) is 7.05 Å². The molecule has 2 aromatic heterocycles. The van der Waals surface area contributed by atoms with Crippen LogP contribution in [0.1, 0.15) is 6.92 Å². The van der Waals surface area contributed by atoms with Crippen molar-refractivity contribution in [2.75, 3.05) is 32.1 Å². The van der Waals surface area contributed by atoms with E-state index in [4.69, 9.17) is 14.6 Å². The smallest absolute Gasteiger partial charge is 0.490 e. The monoisotopic (exact) mass is 571 g/mol. The third-order valence-corrected chi connectivity index (χ3v) is 6.33. The van der Waals surface area contributed by atoms with Gasteiger partial charge in [-0.2, -0.15) is 18.3 Å². The highest BCUT2D eigenvalue weighted by atomic mass is 19.4. The molecule has 1 unspecified atom stereocenters. The van der Waals surface area contributed by atoms with Gasteiger partial charge in [0.2, 0.25) is 0 Å². The molecule has 3 heterocycles. The van der Waals surface area contributed by atoms with Crippen LogP contribution in [0.5, 0.6) is 5.75 Å². The molecule has 3 N–H and O–H groups in total. The van der Waals surface area contributed by atoms with Gasteiger partial charge < -0.3 is 25.4 Å². The van der Waals surface area contributed by atoms with E-state index < -0.39 is 12.1 Å². The number of carbonyl (C=O) groups excluding carboxylic acids is 1. The van der Waals surface area contributed by atoms with Gasteiger partial charge in [0, 0.05) is 61.5 Å². The van der Waals surface area contributed by atoms with Gasteiger partial charge in [0.05, 0.1) is 24.0 Å². The first kappa shape index (κ1) is 29.3. The summed E-state index contributed by atoms with van der Waals surface area (Å²) in [5.74, 6) is -2.21. The molecule has 1 aliphatic rings. The number of fused-ring (bicyclic) bond motifs is 1. The molecule has 0 aliphatic carbocycles. The minimum Gasteiger partial charge on any atom is -0.494 e. The van der Waals surface area contributed by atoms with Crippen molar-refractivity contribution in [3.63, 3.8) is 0 Å². The fourth-order valence-corrected chi connectivity index (χ4v) is 4.37. The number of urea groups is 1. The number of carboxylic acids is 1. The molecular weight excluding hydrogens is 543 g/mol. The first-order valence-corrected chi connectivity index (χ1v) is 12.5. The molecule has 0 spiro atoms. The summed E-state index contributed by atoms with van der Waals surface area (Å²) in [5.41, 5.74) is 4.76.